The molecule has 0 radical (unpaired) electrons. The van der Waals surface area contributed by atoms with Crippen LogP contribution in [0.2, 0.25) is 0 Å². The Morgan fingerprint density at radius 1 is 1.14 bits per heavy atom. The molecule has 2 rings (SSSR count). The minimum atomic E-state index is -0.551. The van der Waals surface area contributed by atoms with Crippen LogP contribution in [-0.2, 0) is 15.9 Å². The molecular formula is C17H18O4. The molecule has 0 atom stereocenters. The minimum Gasteiger partial charge on any atom is -0.507 e. The van der Waals surface area contributed by atoms with Crippen molar-refractivity contribution in [3.05, 3.63) is 53.6 Å². The molecule has 2 aromatic rings. The van der Waals surface area contributed by atoms with E-state index in [9.17, 15) is 9.90 Å². The van der Waals surface area contributed by atoms with Gasteiger partial charge in [0.1, 0.15) is 11.3 Å². The molecule has 4 nitrogen and oxygen atoms in total. The first-order valence-electron chi connectivity index (χ1n) is 6.66. The first kappa shape index (κ1) is 15.1. The summed E-state index contributed by atoms with van der Waals surface area (Å²) in [6.07, 6.45) is 0.658. The molecule has 0 fully saturated rings. The van der Waals surface area contributed by atoms with Gasteiger partial charge in [0.2, 0.25) is 0 Å². The van der Waals surface area contributed by atoms with Crippen LogP contribution in [0.15, 0.2) is 42.5 Å². The predicted octanol–water partition coefficient (Wildman–Crippen LogP) is 3.03. The van der Waals surface area contributed by atoms with E-state index in [1.807, 2.05) is 36.4 Å². The number of phenols is 1. The van der Waals surface area contributed by atoms with Crippen LogP contribution in [0.4, 0.5) is 0 Å². The Balaban J connectivity index is 2.57. The van der Waals surface area contributed by atoms with Crippen LogP contribution in [0, 0.1) is 0 Å². The van der Waals surface area contributed by atoms with Crippen LogP contribution in [0.3, 0.4) is 0 Å². The molecule has 0 heterocycles. The van der Waals surface area contributed by atoms with Gasteiger partial charge in [-0.3, -0.25) is 0 Å². The number of ether oxygens (including phenoxy) is 2. The second-order valence-electron chi connectivity index (χ2n) is 4.64. The van der Waals surface area contributed by atoms with Crippen LogP contribution in [-0.4, -0.2) is 31.9 Å². The molecule has 0 aliphatic carbocycles. The van der Waals surface area contributed by atoms with Crippen molar-refractivity contribution in [1.29, 1.82) is 0 Å². The van der Waals surface area contributed by atoms with Crippen molar-refractivity contribution in [2.45, 2.75) is 6.42 Å². The molecule has 1 N–H and O–H groups in total. The van der Waals surface area contributed by atoms with Crippen LogP contribution >= 0.6 is 0 Å². The normalized spacial score (nSPS) is 10.4. The van der Waals surface area contributed by atoms with E-state index in [-0.39, 0.29) is 11.3 Å². The first-order valence-corrected chi connectivity index (χ1v) is 6.66. The monoisotopic (exact) mass is 286 g/mol. The fourth-order valence-electron chi connectivity index (χ4n) is 2.21. The molecule has 0 saturated carbocycles. The maximum absolute atomic E-state index is 11.9. The fraction of sp³-hybridized carbons (Fsp3) is 0.235. The Bertz CT molecular complexity index is 620. The largest absolute Gasteiger partial charge is 0.507 e. The molecule has 0 unspecified atom stereocenters. The number of carbonyl (C=O) groups is 1. The van der Waals surface area contributed by atoms with Crippen molar-refractivity contribution in [1.82, 2.24) is 0 Å². The third-order valence-corrected chi connectivity index (χ3v) is 3.25. The average molecular weight is 286 g/mol. The van der Waals surface area contributed by atoms with E-state index >= 15 is 0 Å². The van der Waals surface area contributed by atoms with Crippen molar-refractivity contribution >= 4 is 5.97 Å². The summed E-state index contributed by atoms with van der Waals surface area (Å²) < 4.78 is 9.83. The zero-order chi connectivity index (χ0) is 15.2. The zero-order valence-electron chi connectivity index (χ0n) is 12.1. The lowest BCUT2D eigenvalue weighted by Crippen LogP contribution is -2.06. The number of benzene rings is 2. The summed E-state index contributed by atoms with van der Waals surface area (Å²) in [7, 11) is 2.93. The maximum Gasteiger partial charge on any atom is 0.342 e. The van der Waals surface area contributed by atoms with Gasteiger partial charge in [-0.2, -0.15) is 0 Å². The predicted molar refractivity (Wildman–Crippen MR) is 80.5 cm³/mol. The molecule has 110 valence electrons. The lowest BCUT2D eigenvalue weighted by Gasteiger charge is -2.13. The SMILES string of the molecule is COCCc1cc(O)c(C(=O)OC)c(-c2ccccc2)c1. The summed E-state index contributed by atoms with van der Waals surface area (Å²) in [5, 5.41) is 10.2. The van der Waals surface area contributed by atoms with Gasteiger partial charge in [0.05, 0.1) is 13.7 Å². The van der Waals surface area contributed by atoms with E-state index in [1.54, 1.807) is 13.2 Å². The summed E-state index contributed by atoms with van der Waals surface area (Å²) in [6, 6.07) is 12.9. The van der Waals surface area contributed by atoms with Crippen molar-refractivity contribution in [3.8, 4) is 16.9 Å². The summed E-state index contributed by atoms with van der Waals surface area (Å²) in [5.74, 6) is -0.626. The second kappa shape index (κ2) is 6.90. The Hall–Kier alpha value is -2.33. The summed E-state index contributed by atoms with van der Waals surface area (Å²) in [4.78, 5) is 11.9. The van der Waals surface area contributed by atoms with Gasteiger partial charge in [0.15, 0.2) is 0 Å². The van der Waals surface area contributed by atoms with Crippen LogP contribution in [0.25, 0.3) is 11.1 Å². The van der Waals surface area contributed by atoms with Gasteiger partial charge in [-0.05, 0) is 29.7 Å². The number of aromatic hydroxyl groups is 1. The van der Waals surface area contributed by atoms with E-state index in [4.69, 9.17) is 9.47 Å². The van der Waals surface area contributed by atoms with Gasteiger partial charge in [-0.25, -0.2) is 4.79 Å². The number of phenolic OH excluding ortho intramolecular Hbond substituents is 1. The van der Waals surface area contributed by atoms with Gasteiger partial charge < -0.3 is 14.6 Å². The van der Waals surface area contributed by atoms with Gasteiger partial charge in [-0.15, -0.1) is 0 Å². The number of hydrogen-bond acceptors (Lipinski definition) is 4. The molecule has 0 saturated heterocycles. The molecule has 0 aliphatic rings. The van der Waals surface area contributed by atoms with E-state index in [0.717, 1.165) is 11.1 Å². The molecule has 2 aromatic carbocycles. The van der Waals surface area contributed by atoms with Gasteiger partial charge >= 0.3 is 5.97 Å². The molecule has 4 heteroatoms. The van der Waals surface area contributed by atoms with Crippen LogP contribution < -0.4 is 0 Å². The van der Waals surface area contributed by atoms with E-state index in [0.29, 0.717) is 18.6 Å². The van der Waals surface area contributed by atoms with Crippen molar-refractivity contribution < 1.29 is 19.4 Å². The summed E-state index contributed by atoms with van der Waals surface area (Å²) in [5.41, 5.74) is 2.60. The third kappa shape index (κ3) is 3.41. The average Bonchev–Trinajstić information content (AvgIpc) is 2.52. The molecule has 0 aromatic heterocycles. The Morgan fingerprint density at radius 3 is 2.48 bits per heavy atom. The number of rotatable bonds is 5. The lowest BCUT2D eigenvalue weighted by atomic mass is 9.95. The maximum atomic E-state index is 11.9. The van der Waals surface area contributed by atoms with Gasteiger partial charge in [0.25, 0.3) is 0 Å². The molecule has 21 heavy (non-hydrogen) atoms. The highest BCUT2D eigenvalue weighted by molar-refractivity contribution is 6.00. The van der Waals surface area contributed by atoms with Crippen LogP contribution in [0.5, 0.6) is 5.75 Å². The smallest absolute Gasteiger partial charge is 0.342 e. The van der Waals surface area contributed by atoms with E-state index in [2.05, 4.69) is 0 Å². The van der Waals surface area contributed by atoms with E-state index < -0.39 is 5.97 Å². The number of esters is 1. The summed E-state index contributed by atoms with van der Waals surface area (Å²) in [6.45, 7) is 0.547. The molecule has 0 spiro atoms. The standard InChI is InChI=1S/C17H18O4/c1-20-9-8-12-10-14(13-6-4-3-5-7-13)16(15(18)11-12)17(19)21-2/h3-7,10-11,18H,8-9H2,1-2H3. The molecule has 0 amide bonds. The first-order chi connectivity index (χ1) is 10.2. The topological polar surface area (TPSA) is 55.8 Å². The molecular weight excluding hydrogens is 268 g/mol. The van der Waals surface area contributed by atoms with Crippen molar-refractivity contribution in [2.75, 3.05) is 20.8 Å². The van der Waals surface area contributed by atoms with Crippen molar-refractivity contribution in [2.24, 2.45) is 0 Å². The zero-order valence-corrected chi connectivity index (χ0v) is 12.1. The minimum absolute atomic E-state index is 0.0747. The highest BCUT2D eigenvalue weighted by atomic mass is 16.5. The highest BCUT2D eigenvalue weighted by Gasteiger charge is 2.19. The van der Waals surface area contributed by atoms with Crippen LogP contribution in [0.1, 0.15) is 15.9 Å². The fourth-order valence-corrected chi connectivity index (χ4v) is 2.21. The lowest BCUT2D eigenvalue weighted by molar-refractivity contribution is 0.0598. The van der Waals surface area contributed by atoms with Crippen molar-refractivity contribution in [3.63, 3.8) is 0 Å². The summed E-state index contributed by atoms with van der Waals surface area (Å²) >= 11 is 0. The van der Waals surface area contributed by atoms with Gasteiger partial charge in [-0.1, -0.05) is 30.3 Å². The quantitative estimate of drug-likeness (QED) is 0.858. The Labute approximate surface area is 123 Å². The highest BCUT2D eigenvalue weighted by Crippen LogP contribution is 2.32. The number of carbonyl (C=O) groups excluding carboxylic acids is 1. The molecule has 0 bridgehead atoms. The second-order valence-corrected chi connectivity index (χ2v) is 4.64. The Kier molecular flexibility index (Phi) is 4.95. The van der Waals surface area contributed by atoms with Gasteiger partial charge in [0, 0.05) is 12.7 Å². The Morgan fingerprint density at radius 2 is 1.86 bits per heavy atom. The van der Waals surface area contributed by atoms with E-state index in [1.165, 1.54) is 7.11 Å². The number of methoxy groups -OCH3 is 2. The molecule has 0 aliphatic heterocycles. The number of hydrogen-bond donors (Lipinski definition) is 1. The third-order valence-electron chi connectivity index (χ3n) is 3.25.